The summed E-state index contributed by atoms with van der Waals surface area (Å²) in [6.07, 6.45) is 0. The van der Waals surface area contributed by atoms with Gasteiger partial charge in [-0.25, -0.2) is 4.79 Å². The quantitative estimate of drug-likeness (QED) is 0.756. The van der Waals surface area contributed by atoms with Crippen LogP contribution in [0, 0.1) is 0 Å². The fourth-order valence-corrected chi connectivity index (χ4v) is 1.41. The summed E-state index contributed by atoms with van der Waals surface area (Å²) in [4.78, 5) is 10.7. The van der Waals surface area contributed by atoms with Gasteiger partial charge in [0.15, 0.2) is 5.06 Å². The molecule has 0 aliphatic carbocycles. The van der Waals surface area contributed by atoms with Gasteiger partial charge in [-0.2, -0.15) is 0 Å². The van der Waals surface area contributed by atoms with E-state index in [1.165, 1.54) is 6.07 Å². The summed E-state index contributed by atoms with van der Waals surface area (Å²) in [7, 11) is 0. The van der Waals surface area contributed by atoms with Crippen LogP contribution in [0.25, 0.3) is 0 Å². The van der Waals surface area contributed by atoms with Crippen molar-refractivity contribution in [1.82, 2.24) is 0 Å². The van der Waals surface area contributed by atoms with Gasteiger partial charge in [-0.3, -0.25) is 0 Å². The van der Waals surface area contributed by atoms with Gasteiger partial charge < -0.3 is 9.84 Å². The van der Waals surface area contributed by atoms with E-state index in [4.69, 9.17) is 9.84 Å². The van der Waals surface area contributed by atoms with Crippen LogP contribution in [-0.4, -0.2) is 17.7 Å². The smallest absolute Gasteiger partial charge is 0.345 e. The van der Waals surface area contributed by atoms with Gasteiger partial charge in [0, 0.05) is 0 Å². The molecule has 0 spiro atoms. The molecule has 0 radical (unpaired) electrons. The Balaban J connectivity index is 2.73. The van der Waals surface area contributed by atoms with E-state index in [2.05, 4.69) is 0 Å². The van der Waals surface area contributed by atoms with Gasteiger partial charge in [0.1, 0.15) is 4.88 Å². The van der Waals surface area contributed by atoms with E-state index in [1.807, 2.05) is 6.92 Å². The van der Waals surface area contributed by atoms with Gasteiger partial charge in [0.25, 0.3) is 0 Å². The molecule has 3 nitrogen and oxygen atoms in total. The third-order valence-corrected chi connectivity index (χ3v) is 2.06. The summed E-state index contributed by atoms with van der Waals surface area (Å²) in [5, 5.41) is 9.18. The number of rotatable bonds is 3. The maximum Gasteiger partial charge on any atom is 0.345 e. The van der Waals surface area contributed by atoms with Gasteiger partial charge >= 0.3 is 5.97 Å². The summed E-state index contributed by atoms with van der Waals surface area (Å²) < 4.78 is 5.09. The third kappa shape index (κ3) is 1.94. The lowest BCUT2D eigenvalue weighted by molar-refractivity contribution is 0.0702. The second kappa shape index (κ2) is 3.39. The highest BCUT2D eigenvalue weighted by molar-refractivity contribution is 7.15. The average Bonchev–Trinajstić information content (AvgIpc) is 2.37. The SMILES string of the molecule is CCOc1ccc(C(=O)O)s1. The molecule has 0 unspecified atom stereocenters. The number of carboxylic acid groups (broad SMARTS) is 1. The lowest BCUT2D eigenvalue weighted by Gasteiger charge is -1.94. The van der Waals surface area contributed by atoms with Gasteiger partial charge in [0.2, 0.25) is 0 Å². The number of hydrogen-bond acceptors (Lipinski definition) is 3. The zero-order chi connectivity index (χ0) is 8.27. The molecule has 1 aromatic rings. The molecule has 1 N–H and O–H groups in total. The number of hydrogen-bond donors (Lipinski definition) is 1. The Morgan fingerprint density at radius 1 is 1.73 bits per heavy atom. The summed E-state index contributed by atoms with van der Waals surface area (Å²) in [6, 6.07) is 3.20. The van der Waals surface area contributed by atoms with Gasteiger partial charge in [0.05, 0.1) is 6.61 Å². The lowest BCUT2D eigenvalue weighted by Crippen LogP contribution is -1.90. The molecule has 0 bridgehead atoms. The lowest BCUT2D eigenvalue weighted by atomic mass is 10.5. The largest absolute Gasteiger partial charge is 0.484 e. The number of carboxylic acids is 1. The van der Waals surface area contributed by atoms with Crippen molar-refractivity contribution in [2.24, 2.45) is 0 Å². The van der Waals surface area contributed by atoms with E-state index >= 15 is 0 Å². The Morgan fingerprint density at radius 2 is 2.45 bits per heavy atom. The molecule has 0 saturated carbocycles. The van der Waals surface area contributed by atoms with Crippen LogP contribution in [0.2, 0.25) is 0 Å². The topological polar surface area (TPSA) is 46.5 Å². The fourth-order valence-electron chi connectivity index (χ4n) is 0.655. The van der Waals surface area contributed by atoms with Crippen molar-refractivity contribution < 1.29 is 14.6 Å². The fraction of sp³-hybridized carbons (Fsp3) is 0.286. The molecule has 4 heteroatoms. The number of aromatic carboxylic acids is 1. The van der Waals surface area contributed by atoms with Crippen molar-refractivity contribution in [2.75, 3.05) is 6.61 Å². The van der Waals surface area contributed by atoms with Crippen molar-refractivity contribution in [2.45, 2.75) is 6.92 Å². The zero-order valence-electron chi connectivity index (χ0n) is 6.03. The van der Waals surface area contributed by atoms with Gasteiger partial charge in [-0.15, -0.1) is 0 Å². The molecule has 0 aliphatic rings. The van der Waals surface area contributed by atoms with Crippen molar-refractivity contribution in [1.29, 1.82) is 0 Å². The summed E-state index contributed by atoms with van der Waals surface area (Å²) in [6.45, 7) is 2.43. The van der Waals surface area contributed by atoms with E-state index in [-0.39, 0.29) is 0 Å². The molecule has 60 valence electrons. The van der Waals surface area contributed by atoms with E-state index in [0.29, 0.717) is 16.5 Å². The van der Waals surface area contributed by atoms with E-state index in [9.17, 15) is 4.79 Å². The van der Waals surface area contributed by atoms with Crippen molar-refractivity contribution in [3.05, 3.63) is 17.0 Å². The molecule has 0 aliphatic heterocycles. The van der Waals surface area contributed by atoms with Crippen LogP contribution < -0.4 is 4.74 Å². The van der Waals surface area contributed by atoms with Crippen molar-refractivity contribution in [3.63, 3.8) is 0 Å². The second-order valence-electron chi connectivity index (χ2n) is 1.86. The molecule has 1 rings (SSSR count). The molecule has 1 heterocycles. The normalized spacial score (nSPS) is 9.55. The van der Waals surface area contributed by atoms with E-state index in [1.54, 1.807) is 6.07 Å². The zero-order valence-corrected chi connectivity index (χ0v) is 6.85. The number of carbonyl (C=O) groups is 1. The molecule has 11 heavy (non-hydrogen) atoms. The van der Waals surface area contributed by atoms with Gasteiger partial charge in [-0.05, 0) is 19.1 Å². The third-order valence-electron chi connectivity index (χ3n) is 1.08. The molecular formula is C7H8O3S. The van der Waals surface area contributed by atoms with E-state index < -0.39 is 5.97 Å². The first-order chi connectivity index (χ1) is 5.24. The monoisotopic (exact) mass is 172 g/mol. The summed E-state index contributed by atoms with van der Waals surface area (Å²) >= 11 is 1.14. The first kappa shape index (κ1) is 8.07. The Kier molecular flexibility index (Phi) is 2.48. The minimum atomic E-state index is -0.902. The predicted molar refractivity (Wildman–Crippen MR) is 42.4 cm³/mol. The molecule has 0 fully saturated rings. The molecule has 0 amide bonds. The minimum absolute atomic E-state index is 0.313. The van der Waals surface area contributed by atoms with E-state index in [0.717, 1.165) is 11.3 Å². The molecule has 0 saturated heterocycles. The predicted octanol–water partition coefficient (Wildman–Crippen LogP) is 1.84. The maximum absolute atomic E-state index is 10.4. The van der Waals surface area contributed by atoms with Crippen LogP contribution >= 0.6 is 11.3 Å². The maximum atomic E-state index is 10.4. The van der Waals surface area contributed by atoms with Gasteiger partial charge in [-0.1, -0.05) is 11.3 Å². The number of ether oxygens (including phenoxy) is 1. The van der Waals surface area contributed by atoms with Crippen LogP contribution in [0.3, 0.4) is 0 Å². The Morgan fingerprint density at radius 3 is 2.91 bits per heavy atom. The number of thiophene rings is 1. The highest BCUT2D eigenvalue weighted by atomic mass is 32.1. The average molecular weight is 172 g/mol. The molecular weight excluding hydrogens is 164 g/mol. The highest BCUT2D eigenvalue weighted by Gasteiger charge is 2.06. The van der Waals surface area contributed by atoms with Crippen LogP contribution in [-0.2, 0) is 0 Å². The van der Waals surface area contributed by atoms with Crippen LogP contribution in [0.15, 0.2) is 12.1 Å². The first-order valence-electron chi connectivity index (χ1n) is 3.20. The standard InChI is InChI=1S/C7H8O3S/c1-2-10-6-4-3-5(11-6)7(8)9/h3-4H,2H2,1H3,(H,8,9). The van der Waals surface area contributed by atoms with Crippen LogP contribution in [0.1, 0.15) is 16.6 Å². The summed E-state index contributed by atoms with van der Waals surface area (Å²) in [5.41, 5.74) is 0. The Hall–Kier alpha value is -1.03. The second-order valence-corrected chi connectivity index (χ2v) is 2.90. The Bertz CT molecular complexity index is 254. The van der Waals surface area contributed by atoms with Crippen molar-refractivity contribution >= 4 is 17.3 Å². The summed E-state index contributed by atoms with van der Waals surface area (Å²) in [5.74, 6) is -0.902. The molecule has 0 aromatic carbocycles. The van der Waals surface area contributed by atoms with Crippen LogP contribution in [0.5, 0.6) is 5.06 Å². The Labute approximate surface area is 68.2 Å². The van der Waals surface area contributed by atoms with Crippen LogP contribution in [0.4, 0.5) is 0 Å². The molecule has 1 aromatic heterocycles. The van der Waals surface area contributed by atoms with Crippen molar-refractivity contribution in [3.8, 4) is 5.06 Å². The minimum Gasteiger partial charge on any atom is -0.484 e. The first-order valence-corrected chi connectivity index (χ1v) is 4.01. The molecule has 0 atom stereocenters. The highest BCUT2D eigenvalue weighted by Crippen LogP contribution is 2.23.